The molecular formula is C15H28N4. The van der Waals surface area contributed by atoms with Crippen molar-refractivity contribution in [2.24, 2.45) is 5.73 Å². The molecule has 0 saturated carbocycles. The number of nitrogens with zero attached hydrogens (tertiary/aromatic N) is 3. The number of likely N-dealkylation sites (tertiary alicyclic amines) is 1. The lowest BCUT2D eigenvalue weighted by Crippen LogP contribution is -2.48. The van der Waals surface area contributed by atoms with Gasteiger partial charge in [-0.2, -0.15) is 5.10 Å². The standard InChI is InChI=1S/C15H28N4/c1-4-12(2)19-9-8-14(17-19)11-18-13(3)6-5-7-15(18)10-16/h8-9,12-13,15H,4-7,10-11,16H2,1-3H3. The number of aromatic nitrogens is 2. The number of piperidine rings is 1. The molecule has 0 aromatic carbocycles. The first-order valence-electron chi connectivity index (χ1n) is 7.65. The zero-order chi connectivity index (χ0) is 13.8. The molecule has 1 aliphatic heterocycles. The normalized spacial score (nSPS) is 26.5. The molecule has 0 spiro atoms. The van der Waals surface area contributed by atoms with Crippen molar-refractivity contribution in [3.8, 4) is 0 Å². The van der Waals surface area contributed by atoms with Gasteiger partial charge in [0.15, 0.2) is 0 Å². The molecule has 0 aliphatic carbocycles. The maximum absolute atomic E-state index is 5.92. The Morgan fingerprint density at radius 3 is 2.95 bits per heavy atom. The van der Waals surface area contributed by atoms with E-state index in [1.54, 1.807) is 0 Å². The number of hydrogen-bond donors (Lipinski definition) is 1. The van der Waals surface area contributed by atoms with Gasteiger partial charge in [0.2, 0.25) is 0 Å². The first-order chi connectivity index (χ1) is 9.15. The van der Waals surface area contributed by atoms with Crippen molar-refractivity contribution in [1.82, 2.24) is 14.7 Å². The van der Waals surface area contributed by atoms with E-state index in [0.29, 0.717) is 18.1 Å². The minimum atomic E-state index is 0.484. The van der Waals surface area contributed by atoms with E-state index in [4.69, 9.17) is 10.8 Å². The molecule has 4 nitrogen and oxygen atoms in total. The Labute approximate surface area is 117 Å². The number of rotatable bonds is 5. The van der Waals surface area contributed by atoms with Crippen LogP contribution in [-0.2, 0) is 6.54 Å². The zero-order valence-electron chi connectivity index (χ0n) is 12.5. The van der Waals surface area contributed by atoms with Crippen LogP contribution in [0.4, 0.5) is 0 Å². The minimum absolute atomic E-state index is 0.484. The maximum atomic E-state index is 5.92. The van der Waals surface area contributed by atoms with Crippen LogP contribution in [0.2, 0.25) is 0 Å². The Morgan fingerprint density at radius 1 is 1.47 bits per heavy atom. The van der Waals surface area contributed by atoms with Gasteiger partial charge in [-0.25, -0.2) is 0 Å². The van der Waals surface area contributed by atoms with Crippen LogP contribution in [-0.4, -0.2) is 33.3 Å². The van der Waals surface area contributed by atoms with Crippen LogP contribution in [0.5, 0.6) is 0 Å². The first-order valence-corrected chi connectivity index (χ1v) is 7.65. The molecule has 1 aromatic rings. The summed E-state index contributed by atoms with van der Waals surface area (Å²) in [6, 6.07) is 3.78. The van der Waals surface area contributed by atoms with E-state index >= 15 is 0 Å². The highest BCUT2D eigenvalue weighted by atomic mass is 15.3. The molecule has 1 saturated heterocycles. The average Bonchev–Trinajstić information content (AvgIpc) is 2.88. The van der Waals surface area contributed by atoms with E-state index in [2.05, 4.69) is 42.6 Å². The fraction of sp³-hybridized carbons (Fsp3) is 0.800. The zero-order valence-corrected chi connectivity index (χ0v) is 12.5. The largest absolute Gasteiger partial charge is 0.329 e. The van der Waals surface area contributed by atoms with Crippen LogP contribution in [0.25, 0.3) is 0 Å². The Balaban J connectivity index is 2.04. The number of nitrogens with two attached hydrogens (primary N) is 1. The Bertz CT molecular complexity index is 387. The molecule has 2 heterocycles. The van der Waals surface area contributed by atoms with E-state index < -0.39 is 0 Å². The second-order valence-electron chi connectivity index (χ2n) is 5.89. The lowest BCUT2D eigenvalue weighted by atomic mass is 9.96. The molecule has 4 heteroatoms. The Morgan fingerprint density at radius 2 is 2.26 bits per heavy atom. The predicted molar refractivity (Wildman–Crippen MR) is 78.9 cm³/mol. The molecule has 1 fully saturated rings. The molecule has 0 bridgehead atoms. The summed E-state index contributed by atoms with van der Waals surface area (Å²) in [5.41, 5.74) is 7.09. The van der Waals surface area contributed by atoms with Crippen LogP contribution in [0.1, 0.15) is 58.2 Å². The third-order valence-corrected chi connectivity index (χ3v) is 4.52. The molecular weight excluding hydrogens is 236 g/mol. The summed E-state index contributed by atoms with van der Waals surface area (Å²) in [7, 11) is 0. The van der Waals surface area contributed by atoms with E-state index in [1.165, 1.54) is 25.0 Å². The van der Waals surface area contributed by atoms with Gasteiger partial charge < -0.3 is 5.73 Å². The summed E-state index contributed by atoms with van der Waals surface area (Å²) in [5.74, 6) is 0. The highest BCUT2D eigenvalue weighted by Gasteiger charge is 2.27. The van der Waals surface area contributed by atoms with Crippen molar-refractivity contribution in [3.63, 3.8) is 0 Å². The smallest absolute Gasteiger partial charge is 0.0765 e. The quantitative estimate of drug-likeness (QED) is 0.889. The molecule has 3 atom stereocenters. The molecule has 1 aliphatic rings. The fourth-order valence-corrected chi connectivity index (χ4v) is 2.96. The lowest BCUT2D eigenvalue weighted by molar-refractivity contribution is 0.0875. The van der Waals surface area contributed by atoms with E-state index in [1.807, 2.05) is 0 Å². The highest BCUT2D eigenvalue weighted by Crippen LogP contribution is 2.24. The molecule has 108 valence electrons. The van der Waals surface area contributed by atoms with Crippen LogP contribution in [0.3, 0.4) is 0 Å². The summed E-state index contributed by atoms with van der Waals surface area (Å²) in [6.07, 6.45) is 7.04. The summed E-state index contributed by atoms with van der Waals surface area (Å²) in [4.78, 5) is 2.53. The van der Waals surface area contributed by atoms with Gasteiger partial charge in [-0.15, -0.1) is 0 Å². The molecule has 3 unspecified atom stereocenters. The Hall–Kier alpha value is -0.870. The van der Waals surface area contributed by atoms with Crippen LogP contribution < -0.4 is 5.73 Å². The molecule has 19 heavy (non-hydrogen) atoms. The van der Waals surface area contributed by atoms with Crippen LogP contribution in [0, 0.1) is 0 Å². The Kier molecular flexibility index (Phi) is 4.99. The SMILES string of the molecule is CCC(C)n1ccc(CN2C(C)CCCC2CN)n1. The topological polar surface area (TPSA) is 47.1 Å². The second-order valence-corrected chi connectivity index (χ2v) is 5.89. The van der Waals surface area contributed by atoms with Crippen molar-refractivity contribution in [1.29, 1.82) is 0 Å². The average molecular weight is 264 g/mol. The second kappa shape index (κ2) is 6.53. The molecule has 0 radical (unpaired) electrons. The van der Waals surface area contributed by atoms with Gasteiger partial charge in [-0.05, 0) is 39.2 Å². The van der Waals surface area contributed by atoms with Crippen LogP contribution >= 0.6 is 0 Å². The minimum Gasteiger partial charge on any atom is -0.329 e. The third kappa shape index (κ3) is 3.37. The monoisotopic (exact) mass is 264 g/mol. The van der Waals surface area contributed by atoms with Crippen LogP contribution in [0.15, 0.2) is 12.3 Å². The predicted octanol–water partition coefficient (Wildman–Crippen LogP) is 2.56. The van der Waals surface area contributed by atoms with E-state index in [0.717, 1.165) is 19.5 Å². The summed E-state index contributed by atoms with van der Waals surface area (Å²) < 4.78 is 2.08. The van der Waals surface area contributed by atoms with Crippen molar-refractivity contribution in [2.45, 2.75) is 71.1 Å². The van der Waals surface area contributed by atoms with Gasteiger partial charge >= 0.3 is 0 Å². The van der Waals surface area contributed by atoms with Crippen molar-refractivity contribution < 1.29 is 0 Å². The first kappa shape index (κ1) is 14.5. The van der Waals surface area contributed by atoms with Crippen molar-refractivity contribution in [2.75, 3.05) is 6.54 Å². The lowest BCUT2D eigenvalue weighted by Gasteiger charge is -2.39. The van der Waals surface area contributed by atoms with Gasteiger partial charge in [0, 0.05) is 37.4 Å². The molecule has 1 aromatic heterocycles. The third-order valence-electron chi connectivity index (χ3n) is 4.52. The van der Waals surface area contributed by atoms with Gasteiger partial charge in [0.25, 0.3) is 0 Å². The summed E-state index contributed by atoms with van der Waals surface area (Å²) in [5, 5.41) is 4.71. The molecule has 2 rings (SSSR count). The van der Waals surface area contributed by atoms with Gasteiger partial charge in [0.1, 0.15) is 0 Å². The maximum Gasteiger partial charge on any atom is 0.0765 e. The summed E-state index contributed by atoms with van der Waals surface area (Å²) >= 11 is 0. The van der Waals surface area contributed by atoms with E-state index in [-0.39, 0.29) is 0 Å². The molecule has 2 N–H and O–H groups in total. The summed E-state index contributed by atoms with van der Waals surface area (Å²) in [6.45, 7) is 8.42. The highest BCUT2D eigenvalue weighted by molar-refractivity contribution is 5.01. The van der Waals surface area contributed by atoms with Gasteiger partial charge in [-0.1, -0.05) is 13.3 Å². The van der Waals surface area contributed by atoms with Gasteiger partial charge in [0.05, 0.1) is 5.69 Å². The van der Waals surface area contributed by atoms with Crippen molar-refractivity contribution >= 4 is 0 Å². The fourth-order valence-electron chi connectivity index (χ4n) is 2.96. The van der Waals surface area contributed by atoms with E-state index in [9.17, 15) is 0 Å². The van der Waals surface area contributed by atoms with Crippen molar-refractivity contribution in [3.05, 3.63) is 18.0 Å². The number of hydrogen-bond acceptors (Lipinski definition) is 3. The molecule has 0 amide bonds. The van der Waals surface area contributed by atoms with Gasteiger partial charge in [-0.3, -0.25) is 9.58 Å².